The number of carboxylic acid groups (broad SMARTS) is 2. The highest BCUT2D eigenvalue weighted by Crippen LogP contribution is 2.30. The van der Waals surface area contributed by atoms with Crippen LogP contribution < -0.4 is 0 Å². The minimum atomic E-state index is -0.935. The smallest absolute Gasteiger partial charge is 0.313 e. The highest BCUT2D eigenvalue weighted by Gasteiger charge is 2.32. The quantitative estimate of drug-likeness (QED) is 0.665. The van der Waals surface area contributed by atoms with Crippen molar-refractivity contribution in [3.05, 3.63) is 11.6 Å². The van der Waals surface area contributed by atoms with E-state index in [0.29, 0.717) is 18.4 Å². The first-order chi connectivity index (χ1) is 6.88. The molecule has 0 atom stereocenters. The van der Waals surface area contributed by atoms with Gasteiger partial charge >= 0.3 is 11.9 Å². The molecule has 15 heavy (non-hydrogen) atoms. The van der Waals surface area contributed by atoms with Crippen LogP contribution in [0.15, 0.2) is 11.6 Å². The molecule has 86 valence electrons. The van der Waals surface area contributed by atoms with E-state index in [1.165, 1.54) is 0 Å². The molecule has 0 radical (unpaired) electrons. The van der Waals surface area contributed by atoms with E-state index in [4.69, 9.17) is 10.2 Å². The highest BCUT2D eigenvalue weighted by molar-refractivity contribution is 5.77. The molecule has 4 nitrogen and oxygen atoms in total. The Morgan fingerprint density at radius 1 is 1.20 bits per heavy atom. The van der Waals surface area contributed by atoms with Gasteiger partial charge in [0, 0.05) is 0 Å². The van der Waals surface area contributed by atoms with Crippen molar-refractivity contribution < 1.29 is 19.8 Å². The van der Waals surface area contributed by atoms with Crippen LogP contribution in [-0.2, 0) is 9.59 Å². The van der Waals surface area contributed by atoms with Gasteiger partial charge in [-0.05, 0) is 19.8 Å². The molecule has 0 aliphatic heterocycles. The second-order valence-electron chi connectivity index (χ2n) is 3.73. The van der Waals surface area contributed by atoms with Gasteiger partial charge in [-0.25, -0.2) is 0 Å². The molecule has 0 spiro atoms. The van der Waals surface area contributed by atoms with E-state index in [9.17, 15) is 9.59 Å². The van der Waals surface area contributed by atoms with Gasteiger partial charge in [-0.3, -0.25) is 9.59 Å². The minimum absolute atomic E-state index is 0.102. The lowest BCUT2D eigenvalue weighted by molar-refractivity contribution is -0.146. The number of aliphatic carboxylic acids is 2. The highest BCUT2D eigenvalue weighted by atomic mass is 16.4. The van der Waals surface area contributed by atoms with Gasteiger partial charge < -0.3 is 10.2 Å². The lowest BCUT2D eigenvalue weighted by Crippen LogP contribution is -2.27. The molecule has 0 bridgehead atoms. The Kier molecular flexibility index (Phi) is 5.05. The summed E-state index contributed by atoms with van der Waals surface area (Å²) in [7, 11) is 0. The zero-order chi connectivity index (χ0) is 12.1. The van der Waals surface area contributed by atoms with Gasteiger partial charge in [0.2, 0.25) is 0 Å². The molecule has 0 unspecified atom stereocenters. The van der Waals surface area contributed by atoms with Crippen molar-refractivity contribution in [3.8, 4) is 0 Å². The van der Waals surface area contributed by atoms with Gasteiger partial charge in [0.1, 0.15) is 0 Å². The van der Waals surface area contributed by atoms with Crippen molar-refractivity contribution in [2.75, 3.05) is 0 Å². The summed E-state index contributed by atoms with van der Waals surface area (Å²) in [6.45, 7) is 5.24. The normalized spacial score (nSPS) is 12.6. The second-order valence-corrected chi connectivity index (χ2v) is 3.73. The Hall–Kier alpha value is -1.32. The van der Waals surface area contributed by atoms with Crippen molar-refractivity contribution in [3.63, 3.8) is 0 Å². The summed E-state index contributed by atoms with van der Waals surface area (Å²) in [5.74, 6) is -1.83. The molecule has 2 N–H and O–H groups in total. The first-order valence-electron chi connectivity index (χ1n) is 5.01. The Morgan fingerprint density at radius 3 is 1.93 bits per heavy atom. The lowest BCUT2D eigenvalue weighted by atomic mass is 9.80. The summed E-state index contributed by atoms with van der Waals surface area (Å²) in [5.41, 5.74) is -0.326. The maximum Gasteiger partial charge on any atom is 0.313 e. The molecule has 0 amide bonds. The number of carbonyl (C=O) groups is 2. The predicted octanol–water partition coefficient (Wildman–Crippen LogP) is 2.30. The number of hydrogen-bond donors (Lipinski definition) is 2. The number of carboxylic acids is 2. The maximum absolute atomic E-state index is 11.1. The summed E-state index contributed by atoms with van der Waals surface area (Å²) in [4.78, 5) is 21.6. The summed E-state index contributed by atoms with van der Waals surface area (Å²) >= 11 is 0. The summed E-state index contributed by atoms with van der Waals surface area (Å²) in [6, 6.07) is 0. The second kappa shape index (κ2) is 5.53. The average Bonchev–Trinajstić information content (AvgIpc) is 2.12. The third-order valence-electron chi connectivity index (χ3n) is 2.64. The monoisotopic (exact) mass is 214 g/mol. The van der Waals surface area contributed by atoms with Crippen LogP contribution in [0.4, 0.5) is 0 Å². The molecule has 0 aromatic heterocycles. The molecule has 0 saturated heterocycles. The fourth-order valence-electron chi connectivity index (χ4n) is 1.58. The van der Waals surface area contributed by atoms with Crippen molar-refractivity contribution in [1.82, 2.24) is 0 Å². The van der Waals surface area contributed by atoms with Crippen molar-refractivity contribution >= 4 is 11.9 Å². The first-order valence-corrected chi connectivity index (χ1v) is 5.01. The van der Waals surface area contributed by atoms with Gasteiger partial charge in [-0.15, -0.1) is 0 Å². The van der Waals surface area contributed by atoms with Crippen LogP contribution in [0.5, 0.6) is 0 Å². The van der Waals surface area contributed by atoms with Gasteiger partial charge in [0.15, 0.2) is 0 Å². The Balaban J connectivity index is 4.95. The maximum atomic E-state index is 11.1. The molecule has 0 rings (SSSR count). The summed E-state index contributed by atoms with van der Waals surface area (Å²) < 4.78 is 0. The average molecular weight is 214 g/mol. The zero-order valence-corrected chi connectivity index (χ0v) is 9.41. The molecule has 0 saturated carbocycles. The standard InChI is InChI=1S/C11H18O4/c1-4-11(5-2,10(14)15)7-8(3)6-9(12)13/h7H,4-6H2,1-3H3,(H,12,13)(H,14,15)/b8-7+. The molecule has 0 fully saturated rings. The van der Waals surface area contributed by atoms with E-state index >= 15 is 0 Å². The van der Waals surface area contributed by atoms with E-state index in [1.807, 2.05) is 0 Å². The summed E-state index contributed by atoms with van der Waals surface area (Å²) in [5, 5.41) is 17.7. The van der Waals surface area contributed by atoms with Gasteiger partial charge in [0.05, 0.1) is 11.8 Å². The molecule has 0 aliphatic carbocycles. The molecular formula is C11H18O4. The van der Waals surface area contributed by atoms with E-state index < -0.39 is 17.4 Å². The minimum Gasteiger partial charge on any atom is -0.481 e. The third kappa shape index (κ3) is 3.73. The SMILES string of the molecule is CCC(/C=C(\C)CC(=O)O)(CC)C(=O)O. The fraction of sp³-hybridized carbons (Fsp3) is 0.636. The van der Waals surface area contributed by atoms with Crippen LogP contribution in [0.1, 0.15) is 40.0 Å². The van der Waals surface area contributed by atoms with Gasteiger partial charge in [-0.1, -0.05) is 25.5 Å². The largest absolute Gasteiger partial charge is 0.481 e. The van der Waals surface area contributed by atoms with E-state index in [1.54, 1.807) is 26.8 Å². The van der Waals surface area contributed by atoms with E-state index in [2.05, 4.69) is 0 Å². The molecule has 0 heterocycles. The molecule has 4 heteroatoms. The van der Waals surface area contributed by atoms with Crippen molar-refractivity contribution in [2.45, 2.75) is 40.0 Å². The summed E-state index contributed by atoms with van der Waals surface area (Å²) in [6.07, 6.45) is 2.41. The Labute approximate surface area is 89.6 Å². The molecular weight excluding hydrogens is 196 g/mol. The van der Waals surface area contributed by atoms with E-state index in [0.717, 1.165) is 0 Å². The third-order valence-corrected chi connectivity index (χ3v) is 2.64. The molecule has 0 aliphatic rings. The van der Waals surface area contributed by atoms with Crippen molar-refractivity contribution in [2.24, 2.45) is 5.41 Å². The van der Waals surface area contributed by atoms with Crippen LogP contribution in [0.2, 0.25) is 0 Å². The van der Waals surface area contributed by atoms with Crippen molar-refractivity contribution in [1.29, 1.82) is 0 Å². The van der Waals surface area contributed by atoms with Crippen LogP contribution in [0.3, 0.4) is 0 Å². The van der Waals surface area contributed by atoms with Gasteiger partial charge in [0.25, 0.3) is 0 Å². The first kappa shape index (κ1) is 13.7. The van der Waals surface area contributed by atoms with Crippen LogP contribution in [0, 0.1) is 5.41 Å². The Morgan fingerprint density at radius 2 is 1.67 bits per heavy atom. The van der Waals surface area contributed by atoms with E-state index in [-0.39, 0.29) is 6.42 Å². The molecule has 0 aromatic rings. The Bertz CT molecular complexity index is 274. The topological polar surface area (TPSA) is 74.6 Å². The van der Waals surface area contributed by atoms with Gasteiger partial charge in [-0.2, -0.15) is 0 Å². The van der Waals surface area contributed by atoms with Crippen LogP contribution >= 0.6 is 0 Å². The number of rotatable bonds is 6. The molecule has 0 aromatic carbocycles. The fourth-order valence-corrected chi connectivity index (χ4v) is 1.58. The lowest BCUT2D eigenvalue weighted by Gasteiger charge is -2.23. The van der Waals surface area contributed by atoms with Crippen LogP contribution in [0.25, 0.3) is 0 Å². The number of hydrogen-bond acceptors (Lipinski definition) is 2. The zero-order valence-electron chi connectivity index (χ0n) is 9.41. The van der Waals surface area contributed by atoms with Crippen LogP contribution in [-0.4, -0.2) is 22.2 Å². The predicted molar refractivity (Wildman–Crippen MR) is 56.7 cm³/mol.